The average molecular weight is 470 g/mol. The predicted octanol–water partition coefficient (Wildman–Crippen LogP) is 4.44. The molecular weight excluding hydrogens is 458 g/mol. The third-order valence-electron chi connectivity index (χ3n) is 2.72. The third-order valence-corrected chi connectivity index (χ3v) is 5.05. The van der Waals surface area contributed by atoms with Gasteiger partial charge in [-0.1, -0.05) is 18.5 Å². The number of phenols is 1. The number of aromatic hydroxyl groups is 1. The summed E-state index contributed by atoms with van der Waals surface area (Å²) in [6.07, 6.45) is 0.768. The minimum Gasteiger partial charge on any atom is -0.503 e. The van der Waals surface area contributed by atoms with Crippen molar-refractivity contribution in [2.24, 2.45) is 0 Å². The van der Waals surface area contributed by atoms with Crippen molar-refractivity contribution in [2.75, 3.05) is 7.11 Å². The first-order chi connectivity index (χ1) is 9.47. The normalized spacial score (nSPS) is 10.7. The Morgan fingerprint density at radius 2 is 2.10 bits per heavy atom. The van der Waals surface area contributed by atoms with E-state index in [0.29, 0.717) is 21.2 Å². The molecule has 0 fully saturated rings. The lowest BCUT2D eigenvalue weighted by molar-refractivity contribution is 0.372. The van der Waals surface area contributed by atoms with Crippen LogP contribution in [0.3, 0.4) is 0 Å². The molecule has 1 heterocycles. The molecule has 0 saturated carbocycles. The molecular formula is C13H11BrClIN2O2. The maximum atomic E-state index is 9.83. The highest BCUT2D eigenvalue weighted by molar-refractivity contribution is 14.1. The van der Waals surface area contributed by atoms with Crippen LogP contribution in [-0.4, -0.2) is 22.2 Å². The summed E-state index contributed by atoms with van der Waals surface area (Å²) in [5.74, 6) is 0.903. The summed E-state index contributed by atoms with van der Waals surface area (Å²) < 4.78 is 6.51. The summed E-state index contributed by atoms with van der Waals surface area (Å²) in [5, 5.41) is 10.3. The summed E-state index contributed by atoms with van der Waals surface area (Å²) in [7, 11) is 1.49. The highest BCUT2D eigenvalue weighted by atomic mass is 127. The highest BCUT2D eigenvalue weighted by Crippen LogP contribution is 2.38. The number of phenolic OH excluding ortho intramolecular Hbond substituents is 1. The smallest absolute Gasteiger partial charge is 0.172 e. The molecule has 106 valence electrons. The van der Waals surface area contributed by atoms with E-state index >= 15 is 0 Å². The lowest BCUT2D eigenvalue weighted by Crippen LogP contribution is -2.00. The second-order valence-corrected chi connectivity index (χ2v) is 6.25. The lowest BCUT2D eigenvalue weighted by Gasteiger charge is -2.10. The van der Waals surface area contributed by atoms with Crippen molar-refractivity contribution in [1.82, 2.24) is 9.97 Å². The number of nitrogens with zero attached hydrogens (tertiary/aromatic N) is 2. The van der Waals surface area contributed by atoms with Gasteiger partial charge in [0.25, 0.3) is 0 Å². The number of aryl methyl sites for hydroxylation is 1. The van der Waals surface area contributed by atoms with Crippen LogP contribution in [0.1, 0.15) is 12.6 Å². The van der Waals surface area contributed by atoms with Crippen molar-refractivity contribution in [3.05, 3.63) is 31.0 Å². The topological polar surface area (TPSA) is 55.2 Å². The van der Waals surface area contributed by atoms with E-state index in [9.17, 15) is 5.11 Å². The van der Waals surface area contributed by atoms with E-state index in [1.54, 1.807) is 12.1 Å². The van der Waals surface area contributed by atoms with Crippen molar-refractivity contribution in [1.29, 1.82) is 0 Å². The van der Waals surface area contributed by atoms with E-state index in [1.165, 1.54) is 7.11 Å². The molecule has 20 heavy (non-hydrogen) atoms. The van der Waals surface area contributed by atoms with E-state index in [-0.39, 0.29) is 5.75 Å². The van der Waals surface area contributed by atoms with Gasteiger partial charge in [0.1, 0.15) is 5.15 Å². The van der Waals surface area contributed by atoms with Crippen molar-refractivity contribution in [3.8, 4) is 22.9 Å². The molecule has 0 aliphatic carbocycles. The van der Waals surface area contributed by atoms with Crippen molar-refractivity contribution >= 4 is 50.1 Å². The molecule has 1 aromatic carbocycles. The van der Waals surface area contributed by atoms with Crippen LogP contribution in [0, 0.1) is 3.57 Å². The van der Waals surface area contributed by atoms with Gasteiger partial charge >= 0.3 is 0 Å². The van der Waals surface area contributed by atoms with Crippen LogP contribution in [0.15, 0.2) is 16.6 Å². The van der Waals surface area contributed by atoms with E-state index < -0.39 is 0 Å². The molecule has 1 N–H and O–H groups in total. The van der Waals surface area contributed by atoms with Gasteiger partial charge in [-0.15, -0.1) is 0 Å². The fraction of sp³-hybridized carbons (Fsp3) is 0.231. The molecule has 0 unspecified atom stereocenters. The van der Waals surface area contributed by atoms with E-state index in [1.807, 2.05) is 6.92 Å². The van der Waals surface area contributed by atoms with Crippen LogP contribution in [0.25, 0.3) is 11.4 Å². The molecule has 0 radical (unpaired) electrons. The molecule has 1 aromatic heterocycles. The molecule has 0 bridgehead atoms. The third kappa shape index (κ3) is 3.01. The Labute approximate surface area is 143 Å². The quantitative estimate of drug-likeness (QED) is 0.534. The van der Waals surface area contributed by atoms with Gasteiger partial charge in [0, 0.05) is 5.56 Å². The molecule has 2 aromatic rings. The largest absolute Gasteiger partial charge is 0.503 e. The van der Waals surface area contributed by atoms with Gasteiger partial charge in [-0.2, -0.15) is 0 Å². The summed E-state index contributed by atoms with van der Waals surface area (Å²) in [5.41, 5.74) is 1.61. The fourth-order valence-electron chi connectivity index (χ4n) is 1.68. The first-order valence-corrected chi connectivity index (χ1v) is 8.01. The van der Waals surface area contributed by atoms with Gasteiger partial charge in [-0.25, -0.2) is 9.97 Å². The number of ether oxygens (including phenoxy) is 1. The summed E-state index contributed by atoms with van der Waals surface area (Å²) in [6.45, 7) is 2.01. The van der Waals surface area contributed by atoms with Gasteiger partial charge in [-0.3, -0.25) is 0 Å². The zero-order valence-electron chi connectivity index (χ0n) is 10.7. The van der Waals surface area contributed by atoms with Crippen molar-refractivity contribution < 1.29 is 9.84 Å². The monoisotopic (exact) mass is 468 g/mol. The summed E-state index contributed by atoms with van der Waals surface area (Å²) in [4.78, 5) is 8.79. The van der Waals surface area contributed by atoms with Crippen molar-refractivity contribution in [3.63, 3.8) is 0 Å². The molecule has 0 aliphatic heterocycles. The Morgan fingerprint density at radius 3 is 2.70 bits per heavy atom. The van der Waals surface area contributed by atoms with Gasteiger partial charge in [0.15, 0.2) is 17.3 Å². The van der Waals surface area contributed by atoms with E-state index in [2.05, 4.69) is 48.5 Å². The van der Waals surface area contributed by atoms with E-state index in [4.69, 9.17) is 16.3 Å². The van der Waals surface area contributed by atoms with Gasteiger partial charge < -0.3 is 9.84 Å². The molecule has 0 amide bonds. The maximum Gasteiger partial charge on any atom is 0.172 e. The second kappa shape index (κ2) is 6.44. The Bertz CT molecular complexity index is 610. The summed E-state index contributed by atoms with van der Waals surface area (Å²) >= 11 is 11.6. The zero-order valence-corrected chi connectivity index (χ0v) is 15.2. The predicted molar refractivity (Wildman–Crippen MR) is 90.5 cm³/mol. The SMILES string of the molecule is CCc1nc(-c2cc(Br)c(O)c(OC)c2)nc(Cl)c1I. The van der Waals surface area contributed by atoms with E-state index in [0.717, 1.165) is 21.2 Å². The maximum absolute atomic E-state index is 9.83. The fourth-order valence-corrected chi connectivity index (χ4v) is 2.94. The molecule has 2 rings (SSSR count). The summed E-state index contributed by atoms with van der Waals surface area (Å²) in [6, 6.07) is 3.41. The number of hydrogen-bond acceptors (Lipinski definition) is 4. The number of halogens is 3. The Kier molecular flexibility index (Phi) is 5.09. The first-order valence-electron chi connectivity index (χ1n) is 5.76. The average Bonchev–Trinajstić information content (AvgIpc) is 2.44. The number of methoxy groups -OCH3 is 1. The second-order valence-electron chi connectivity index (χ2n) is 3.96. The van der Waals surface area contributed by atoms with Crippen molar-refractivity contribution in [2.45, 2.75) is 13.3 Å². The highest BCUT2D eigenvalue weighted by Gasteiger charge is 2.15. The molecule has 0 aliphatic rings. The van der Waals surface area contributed by atoms with Gasteiger partial charge in [-0.05, 0) is 57.1 Å². The lowest BCUT2D eigenvalue weighted by atomic mass is 10.2. The molecule has 0 atom stereocenters. The minimum atomic E-state index is 0.0450. The number of rotatable bonds is 3. The number of benzene rings is 1. The number of aromatic nitrogens is 2. The Morgan fingerprint density at radius 1 is 1.40 bits per heavy atom. The van der Waals surface area contributed by atoms with Crippen LogP contribution in [0.2, 0.25) is 5.15 Å². The van der Waals surface area contributed by atoms with Gasteiger partial charge in [0.2, 0.25) is 0 Å². The molecule has 7 heteroatoms. The minimum absolute atomic E-state index is 0.0450. The van der Waals surface area contributed by atoms with Crippen LogP contribution in [0.4, 0.5) is 0 Å². The standard InChI is InChI=1S/C13H11BrClIN2O2/c1-3-8-10(16)12(15)18-13(17-8)6-4-7(14)11(19)9(5-6)20-2/h4-5,19H,3H2,1-2H3. The number of hydrogen-bond donors (Lipinski definition) is 1. The molecule has 4 nitrogen and oxygen atoms in total. The van der Waals surface area contributed by atoms with Crippen LogP contribution in [0.5, 0.6) is 11.5 Å². The van der Waals surface area contributed by atoms with Gasteiger partial charge in [0.05, 0.1) is 20.8 Å². The Balaban J connectivity index is 2.62. The molecule has 0 saturated heterocycles. The first kappa shape index (κ1) is 15.8. The zero-order chi connectivity index (χ0) is 14.9. The van der Waals surface area contributed by atoms with Crippen LogP contribution < -0.4 is 4.74 Å². The Hall–Kier alpha value is -0.600. The molecule has 0 spiro atoms. The van der Waals surface area contributed by atoms with Crippen LogP contribution >= 0.6 is 50.1 Å². The van der Waals surface area contributed by atoms with Crippen LogP contribution in [-0.2, 0) is 6.42 Å².